The van der Waals surface area contributed by atoms with Gasteiger partial charge in [0.25, 0.3) is 0 Å². The van der Waals surface area contributed by atoms with Gasteiger partial charge in [0.2, 0.25) is 5.91 Å². The molecule has 0 fully saturated rings. The van der Waals surface area contributed by atoms with Crippen LogP contribution in [0.2, 0.25) is 0 Å². The molecule has 0 aromatic carbocycles. The Morgan fingerprint density at radius 2 is 1.87 bits per heavy atom. The van der Waals surface area contributed by atoms with Crippen LogP contribution in [0.1, 0.15) is 19.8 Å². The first-order chi connectivity index (χ1) is 6.93. The van der Waals surface area contributed by atoms with Crippen LogP contribution in [0.15, 0.2) is 0 Å². The average molecular weight is 218 g/mol. The third-order valence-corrected chi connectivity index (χ3v) is 1.63. The van der Waals surface area contributed by atoms with E-state index in [1.807, 2.05) is 0 Å². The molecular weight excluding hydrogens is 204 g/mol. The van der Waals surface area contributed by atoms with Gasteiger partial charge in [-0.15, -0.1) is 0 Å². The number of carbonyl (C=O) groups excluding carboxylic acids is 1. The van der Waals surface area contributed by atoms with Gasteiger partial charge in [0, 0.05) is 13.3 Å². The van der Waals surface area contributed by atoms with E-state index in [-0.39, 0.29) is 25.4 Å². The van der Waals surface area contributed by atoms with Crippen molar-refractivity contribution >= 4 is 17.8 Å². The van der Waals surface area contributed by atoms with Gasteiger partial charge in [0.05, 0.1) is 6.67 Å². The van der Waals surface area contributed by atoms with Crippen molar-refractivity contribution < 1.29 is 24.6 Å². The molecule has 7 heteroatoms. The Labute approximate surface area is 86.5 Å². The molecule has 1 amide bonds. The Bertz CT molecular complexity index is 253. The molecule has 0 aromatic rings. The lowest BCUT2D eigenvalue weighted by atomic mass is 10.1. The Morgan fingerprint density at radius 1 is 1.27 bits per heavy atom. The number of carbonyl (C=O) groups is 3. The summed E-state index contributed by atoms with van der Waals surface area (Å²) in [5.41, 5.74) is 0. The first-order valence-electron chi connectivity index (χ1n) is 4.36. The fraction of sp³-hybridized carbons (Fsp3) is 0.625. The summed E-state index contributed by atoms with van der Waals surface area (Å²) in [6.45, 7) is 1.31. The zero-order valence-electron chi connectivity index (χ0n) is 8.32. The van der Waals surface area contributed by atoms with Gasteiger partial charge >= 0.3 is 11.9 Å². The van der Waals surface area contributed by atoms with Gasteiger partial charge in [0.15, 0.2) is 0 Å². The number of carboxylic acids is 2. The summed E-state index contributed by atoms with van der Waals surface area (Å²) in [6.07, 6.45) is -0.256. The Balaban J connectivity index is 3.88. The number of carboxylic acid groups (broad SMARTS) is 2. The lowest BCUT2D eigenvalue weighted by Crippen LogP contribution is -2.43. The van der Waals surface area contributed by atoms with E-state index >= 15 is 0 Å². The van der Waals surface area contributed by atoms with Crippen LogP contribution in [0, 0.1) is 0 Å². The van der Waals surface area contributed by atoms with Crippen molar-refractivity contribution in [3.63, 3.8) is 0 Å². The summed E-state index contributed by atoms with van der Waals surface area (Å²) in [5.74, 6) is -2.48. The summed E-state index contributed by atoms with van der Waals surface area (Å²) in [5, 5.41) is 21.9. The molecule has 0 spiro atoms. The zero-order valence-corrected chi connectivity index (χ0v) is 8.32. The maximum absolute atomic E-state index is 10.6. The third kappa shape index (κ3) is 7.44. The van der Waals surface area contributed by atoms with Crippen molar-refractivity contribution in [2.75, 3.05) is 6.67 Å². The SMILES string of the molecule is CC(=O)NCN[C@@H](CCC(=O)O)C(=O)O. The first-order valence-corrected chi connectivity index (χ1v) is 4.36. The van der Waals surface area contributed by atoms with Gasteiger partial charge in [-0.3, -0.25) is 19.7 Å². The van der Waals surface area contributed by atoms with E-state index in [4.69, 9.17) is 10.2 Å². The second-order valence-electron chi connectivity index (χ2n) is 2.94. The van der Waals surface area contributed by atoms with E-state index in [0.717, 1.165) is 0 Å². The van der Waals surface area contributed by atoms with E-state index in [1.54, 1.807) is 0 Å². The summed E-state index contributed by atoms with van der Waals surface area (Å²) in [4.78, 5) is 31.3. The number of hydrogen-bond donors (Lipinski definition) is 4. The van der Waals surface area contributed by atoms with Crippen molar-refractivity contribution in [1.82, 2.24) is 10.6 Å². The first kappa shape index (κ1) is 13.4. The molecule has 0 radical (unpaired) electrons. The highest BCUT2D eigenvalue weighted by atomic mass is 16.4. The molecule has 0 bridgehead atoms. The van der Waals surface area contributed by atoms with E-state index in [9.17, 15) is 14.4 Å². The Morgan fingerprint density at radius 3 is 2.27 bits per heavy atom. The lowest BCUT2D eigenvalue weighted by Gasteiger charge is -2.13. The van der Waals surface area contributed by atoms with Crippen molar-refractivity contribution in [3.05, 3.63) is 0 Å². The van der Waals surface area contributed by atoms with E-state index in [0.29, 0.717) is 0 Å². The van der Waals surface area contributed by atoms with Gasteiger partial charge < -0.3 is 15.5 Å². The van der Waals surface area contributed by atoms with Crippen molar-refractivity contribution in [1.29, 1.82) is 0 Å². The molecule has 4 N–H and O–H groups in total. The molecule has 0 aliphatic rings. The van der Waals surface area contributed by atoms with Gasteiger partial charge in [0.1, 0.15) is 6.04 Å². The molecule has 7 nitrogen and oxygen atoms in total. The topological polar surface area (TPSA) is 116 Å². The van der Waals surface area contributed by atoms with Crippen LogP contribution in [0.3, 0.4) is 0 Å². The van der Waals surface area contributed by atoms with Crippen LogP contribution < -0.4 is 10.6 Å². The minimum absolute atomic E-state index is 0.00587. The fourth-order valence-corrected chi connectivity index (χ4v) is 0.879. The second-order valence-corrected chi connectivity index (χ2v) is 2.94. The molecule has 0 saturated heterocycles. The van der Waals surface area contributed by atoms with E-state index in [2.05, 4.69) is 10.6 Å². The van der Waals surface area contributed by atoms with Gasteiger partial charge in [-0.05, 0) is 6.42 Å². The maximum atomic E-state index is 10.6. The third-order valence-electron chi connectivity index (χ3n) is 1.63. The summed E-state index contributed by atoms with van der Waals surface area (Å²) in [7, 11) is 0. The van der Waals surface area contributed by atoms with Crippen LogP contribution in [0.25, 0.3) is 0 Å². The number of rotatable bonds is 7. The molecule has 0 aliphatic heterocycles. The number of hydrogen-bond acceptors (Lipinski definition) is 4. The Kier molecular flexibility index (Phi) is 6.03. The molecule has 0 rings (SSSR count). The minimum Gasteiger partial charge on any atom is -0.481 e. The second kappa shape index (κ2) is 6.77. The van der Waals surface area contributed by atoms with Gasteiger partial charge in [-0.1, -0.05) is 0 Å². The number of nitrogens with one attached hydrogen (secondary N) is 2. The minimum atomic E-state index is -1.14. The summed E-state index contributed by atoms with van der Waals surface area (Å²) >= 11 is 0. The van der Waals surface area contributed by atoms with Crippen LogP contribution in [-0.2, 0) is 14.4 Å². The van der Waals surface area contributed by atoms with Crippen molar-refractivity contribution in [2.45, 2.75) is 25.8 Å². The predicted octanol–water partition coefficient (Wildman–Crippen LogP) is -1.01. The van der Waals surface area contributed by atoms with Gasteiger partial charge in [-0.25, -0.2) is 0 Å². The highest BCUT2D eigenvalue weighted by Gasteiger charge is 2.17. The largest absolute Gasteiger partial charge is 0.481 e. The Hall–Kier alpha value is -1.63. The normalized spacial score (nSPS) is 11.8. The molecule has 0 saturated carbocycles. The molecule has 0 aliphatic carbocycles. The molecule has 1 atom stereocenters. The molecule has 0 heterocycles. The highest BCUT2D eigenvalue weighted by molar-refractivity contribution is 5.75. The zero-order chi connectivity index (χ0) is 11.8. The molecule has 0 unspecified atom stereocenters. The van der Waals surface area contributed by atoms with Crippen LogP contribution in [0.5, 0.6) is 0 Å². The monoisotopic (exact) mass is 218 g/mol. The molecule has 15 heavy (non-hydrogen) atoms. The van der Waals surface area contributed by atoms with E-state index < -0.39 is 18.0 Å². The van der Waals surface area contributed by atoms with E-state index in [1.165, 1.54) is 6.92 Å². The molecule has 0 aromatic heterocycles. The average Bonchev–Trinajstić information content (AvgIpc) is 2.09. The molecule has 86 valence electrons. The standard InChI is InChI=1S/C8H14N2O5/c1-5(11)9-4-10-6(8(14)15)2-3-7(12)13/h6,10H,2-4H2,1H3,(H,9,11)(H,12,13)(H,14,15)/t6-/m0/s1. The summed E-state index contributed by atoms with van der Waals surface area (Å²) < 4.78 is 0. The van der Waals surface area contributed by atoms with Crippen LogP contribution >= 0.6 is 0 Å². The van der Waals surface area contributed by atoms with Gasteiger partial charge in [-0.2, -0.15) is 0 Å². The maximum Gasteiger partial charge on any atom is 0.320 e. The van der Waals surface area contributed by atoms with Crippen molar-refractivity contribution in [2.24, 2.45) is 0 Å². The van der Waals surface area contributed by atoms with Crippen molar-refractivity contribution in [3.8, 4) is 0 Å². The van der Waals surface area contributed by atoms with Crippen LogP contribution in [0.4, 0.5) is 0 Å². The summed E-state index contributed by atoms with van der Waals surface area (Å²) in [6, 6.07) is -0.965. The highest BCUT2D eigenvalue weighted by Crippen LogP contribution is 1.97. The molecular formula is C8H14N2O5. The van der Waals surface area contributed by atoms with Crippen LogP contribution in [-0.4, -0.2) is 40.8 Å². The lowest BCUT2D eigenvalue weighted by molar-refractivity contribution is -0.141. The number of amides is 1. The fourth-order valence-electron chi connectivity index (χ4n) is 0.879. The smallest absolute Gasteiger partial charge is 0.320 e. The quantitative estimate of drug-likeness (QED) is 0.407. The number of aliphatic carboxylic acids is 2. The predicted molar refractivity (Wildman–Crippen MR) is 50.1 cm³/mol.